The zero-order chi connectivity index (χ0) is 14.5. The average Bonchev–Trinajstić information content (AvgIpc) is 2.46. The molecule has 2 rings (SSSR count). The lowest BCUT2D eigenvalue weighted by atomic mass is 10.2. The second-order valence-electron chi connectivity index (χ2n) is 4.03. The second-order valence-corrected chi connectivity index (χ2v) is 4.03. The number of nitro groups is 1. The van der Waals surface area contributed by atoms with Crippen molar-refractivity contribution in [3.63, 3.8) is 0 Å². The first-order valence-electron chi connectivity index (χ1n) is 5.75. The van der Waals surface area contributed by atoms with Gasteiger partial charge in [-0.1, -0.05) is 0 Å². The van der Waals surface area contributed by atoms with Crippen LogP contribution < -0.4 is 16.0 Å². The van der Waals surface area contributed by atoms with E-state index in [0.717, 1.165) is 5.56 Å². The molecule has 1 heterocycles. The Hall–Kier alpha value is -2.74. The lowest BCUT2D eigenvalue weighted by Crippen LogP contribution is -2.09. The molecule has 0 atom stereocenters. The van der Waals surface area contributed by atoms with Gasteiger partial charge in [-0.15, -0.1) is 0 Å². The summed E-state index contributed by atoms with van der Waals surface area (Å²) in [7, 11) is 0. The van der Waals surface area contributed by atoms with E-state index in [-0.39, 0.29) is 12.3 Å². The van der Waals surface area contributed by atoms with Gasteiger partial charge in [0.05, 0.1) is 29.1 Å². The summed E-state index contributed by atoms with van der Waals surface area (Å²) in [5, 5.41) is 10.7. The minimum atomic E-state index is -0.464. The van der Waals surface area contributed by atoms with Crippen LogP contribution in [0.25, 0.3) is 0 Å². The van der Waals surface area contributed by atoms with Crippen LogP contribution in [0.1, 0.15) is 11.3 Å². The first kappa shape index (κ1) is 13.7. The number of aryl methyl sites for hydroxylation is 1. The van der Waals surface area contributed by atoms with Gasteiger partial charge >= 0.3 is 0 Å². The molecule has 0 aliphatic carbocycles. The van der Waals surface area contributed by atoms with E-state index in [1.165, 1.54) is 24.5 Å². The molecule has 0 amide bonds. The predicted octanol–water partition coefficient (Wildman–Crippen LogP) is 1.56. The minimum Gasteiger partial charge on any atom is -0.487 e. The second kappa shape index (κ2) is 5.93. The van der Waals surface area contributed by atoms with Gasteiger partial charge in [-0.2, -0.15) is 0 Å². The Balaban J connectivity index is 2.09. The molecule has 0 spiro atoms. The van der Waals surface area contributed by atoms with E-state index in [1.54, 1.807) is 6.07 Å². The highest BCUT2D eigenvalue weighted by Gasteiger charge is 2.10. The van der Waals surface area contributed by atoms with Crippen molar-refractivity contribution >= 4 is 11.5 Å². The van der Waals surface area contributed by atoms with Crippen LogP contribution in [-0.2, 0) is 6.61 Å². The molecular weight excluding hydrogens is 262 g/mol. The molecule has 2 aromatic rings. The first-order valence-corrected chi connectivity index (χ1v) is 5.75. The summed E-state index contributed by atoms with van der Waals surface area (Å²) >= 11 is 0. The molecule has 0 unspecified atom stereocenters. The molecular formula is C12H13N5O3. The van der Waals surface area contributed by atoms with Gasteiger partial charge < -0.3 is 10.2 Å². The Bertz CT molecular complexity index is 615. The fourth-order valence-electron chi connectivity index (χ4n) is 1.51. The SMILES string of the molecule is Cc1ccc([N+](=O)[O-])cc1OCc1cnc(NN)cn1. The molecule has 20 heavy (non-hydrogen) atoms. The average molecular weight is 275 g/mol. The van der Waals surface area contributed by atoms with Gasteiger partial charge in [0.2, 0.25) is 0 Å². The maximum Gasteiger partial charge on any atom is 0.273 e. The van der Waals surface area contributed by atoms with Crippen molar-refractivity contribution in [1.29, 1.82) is 0 Å². The van der Waals surface area contributed by atoms with Crippen molar-refractivity contribution in [3.8, 4) is 5.75 Å². The molecule has 1 aromatic carbocycles. The number of aromatic nitrogens is 2. The molecule has 0 fully saturated rings. The van der Waals surface area contributed by atoms with Gasteiger partial charge in [-0.25, -0.2) is 10.8 Å². The Labute approximate surface area is 114 Å². The molecule has 0 bridgehead atoms. The van der Waals surface area contributed by atoms with Crippen molar-refractivity contribution in [3.05, 3.63) is 52.0 Å². The first-order chi connectivity index (χ1) is 9.60. The molecule has 3 N–H and O–H groups in total. The summed E-state index contributed by atoms with van der Waals surface area (Å²) < 4.78 is 5.53. The maximum atomic E-state index is 10.7. The Kier molecular flexibility index (Phi) is 4.06. The van der Waals surface area contributed by atoms with Crippen molar-refractivity contribution in [2.45, 2.75) is 13.5 Å². The number of hydrogen-bond acceptors (Lipinski definition) is 7. The molecule has 104 valence electrons. The zero-order valence-corrected chi connectivity index (χ0v) is 10.7. The van der Waals surface area contributed by atoms with Crippen LogP contribution in [0.15, 0.2) is 30.6 Å². The van der Waals surface area contributed by atoms with Gasteiger partial charge in [0.1, 0.15) is 12.4 Å². The normalized spacial score (nSPS) is 10.1. The number of nitrogen functional groups attached to an aromatic ring is 1. The monoisotopic (exact) mass is 275 g/mol. The Morgan fingerprint density at radius 3 is 2.80 bits per heavy atom. The van der Waals surface area contributed by atoms with Gasteiger partial charge in [-0.3, -0.25) is 15.1 Å². The lowest BCUT2D eigenvalue weighted by Gasteiger charge is -2.08. The van der Waals surface area contributed by atoms with E-state index in [4.69, 9.17) is 10.6 Å². The number of nitrogens with one attached hydrogen (secondary N) is 1. The highest BCUT2D eigenvalue weighted by Crippen LogP contribution is 2.24. The van der Waals surface area contributed by atoms with Gasteiger partial charge in [0.15, 0.2) is 5.82 Å². The fourth-order valence-corrected chi connectivity index (χ4v) is 1.51. The predicted molar refractivity (Wildman–Crippen MR) is 72.0 cm³/mol. The van der Waals surface area contributed by atoms with Crippen LogP contribution in [-0.4, -0.2) is 14.9 Å². The number of nitrogens with two attached hydrogens (primary N) is 1. The topological polar surface area (TPSA) is 116 Å². The third-order valence-corrected chi connectivity index (χ3v) is 2.61. The Morgan fingerprint density at radius 1 is 1.40 bits per heavy atom. The quantitative estimate of drug-likeness (QED) is 0.483. The van der Waals surface area contributed by atoms with E-state index >= 15 is 0 Å². The smallest absolute Gasteiger partial charge is 0.273 e. The number of hydrazine groups is 1. The molecule has 0 aliphatic rings. The largest absolute Gasteiger partial charge is 0.487 e. The van der Waals surface area contributed by atoms with E-state index in [2.05, 4.69) is 15.4 Å². The molecule has 0 saturated carbocycles. The Morgan fingerprint density at radius 2 is 2.20 bits per heavy atom. The van der Waals surface area contributed by atoms with Crippen molar-refractivity contribution in [1.82, 2.24) is 9.97 Å². The summed E-state index contributed by atoms with van der Waals surface area (Å²) in [5.74, 6) is 6.07. The number of nitro benzene ring substituents is 1. The maximum absolute atomic E-state index is 10.7. The minimum absolute atomic E-state index is 0.0145. The molecule has 0 aliphatic heterocycles. The highest BCUT2D eigenvalue weighted by molar-refractivity contribution is 5.43. The van der Waals surface area contributed by atoms with Crippen LogP contribution in [0.5, 0.6) is 5.75 Å². The fraction of sp³-hybridized carbons (Fsp3) is 0.167. The van der Waals surface area contributed by atoms with Gasteiger partial charge in [0.25, 0.3) is 5.69 Å². The molecule has 0 saturated heterocycles. The standard InChI is InChI=1S/C12H13N5O3/c1-8-2-3-10(17(18)19)4-11(8)20-7-9-5-15-12(16-13)6-14-9/h2-6H,7,13H2,1H3,(H,15,16). The summed E-state index contributed by atoms with van der Waals surface area (Å²) in [4.78, 5) is 18.3. The van der Waals surface area contributed by atoms with Crippen molar-refractivity contribution in [2.24, 2.45) is 5.84 Å². The number of benzene rings is 1. The van der Waals surface area contributed by atoms with Gasteiger partial charge in [0, 0.05) is 6.07 Å². The zero-order valence-electron chi connectivity index (χ0n) is 10.7. The summed E-state index contributed by atoms with van der Waals surface area (Å²) in [5.41, 5.74) is 3.75. The summed E-state index contributed by atoms with van der Waals surface area (Å²) in [6.07, 6.45) is 2.99. The number of anilines is 1. The third kappa shape index (κ3) is 3.18. The van der Waals surface area contributed by atoms with Crippen molar-refractivity contribution < 1.29 is 9.66 Å². The number of hydrogen-bond donors (Lipinski definition) is 2. The van der Waals surface area contributed by atoms with E-state index < -0.39 is 4.92 Å². The van der Waals surface area contributed by atoms with Crippen LogP contribution in [0.4, 0.5) is 11.5 Å². The third-order valence-electron chi connectivity index (χ3n) is 2.61. The number of ether oxygens (including phenoxy) is 1. The van der Waals surface area contributed by atoms with E-state index in [9.17, 15) is 10.1 Å². The van der Waals surface area contributed by atoms with Crippen LogP contribution in [0, 0.1) is 17.0 Å². The summed E-state index contributed by atoms with van der Waals surface area (Å²) in [6.45, 7) is 1.98. The van der Waals surface area contributed by atoms with Crippen LogP contribution in [0.2, 0.25) is 0 Å². The summed E-state index contributed by atoms with van der Waals surface area (Å²) in [6, 6.07) is 4.46. The molecule has 8 heteroatoms. The number of rotatable bonds is 5. The molecule has 0 radical (unpaired) electrons. The van der Waals surface area contributed by atoms with E-state index in [1.807, 2.05) is 6.92 Å². The van der Waals surface area contributed by atoms with E-state index in [0.29, 0.717) is 17.3 Å². The van der Waals surface area contributed by atoms with Crippen LogP contribution >= 0.6 is 0 Å². The highest BCUT2D eigenvalue weighted by atomic mass is 16.6. The van der Waals surface area contributed by atoms with Crippen molar-refractivity contribution in [2.75, 3.05) is 5.43 Å². The molecule has 8 nitrogen and oxygen atoms in total. The van der Waals surface area contributed by atoms with Gasteiger partial charge in [-0.05, 0) is 18.6 Å². The number of non-ortho nitro benzene ring substituents is 1. The lowest BCUT2D eigenvalue weighted by molar-refractivity contribution is -0.385. The van der Waals surface area contributed by atoms with Crippen LogP contribution in [0.3, 0.4) is 0 Å². The molecule has 1 aromatic heterocycles. The number of nitrogens with zero attached hydrogens (tertiary/aromatic N) is 3.